The normalized spacial score (nSPS) is 12.8. The van der Waals surface area contributed by atoms with Crippen molar-refractivity contribution in [3.05, 3.63) is 88.5 Å². The zero-order valence-corrected chi connectivity index (χ0v) is 15.3. The van der Waals surface area contributed by atoms with Crippen molar-refractivity contribution in [1.29, 1.82) is 0 Å². The molecule has 0 saturated carbocycles. The molecule has 0 N–H and O–H groups in total. The third-order valence-electron chi connectivity index (χ3n) is 5.15. The Morgan fingerprint density at radius 3 is 2.20 bits per heavy atom. The second-order valence-corrected chi connectivity index (χ2v) is 7.14. The van der Waals surface area contributed by atoms with Crippen LogP contribution in [0.5, 0.6) is 0 Å². The first-order chi connectivity index (χ1) is 12.2. The van der Waals surface area contributed by atoms with Gasteiger partial charge >= 0.3 is 0 Å². The SMILES string of the molecule is CCC1=Cc2c(ccc(-c3ccccc3)c2-c2cc(C)cc(C)c2)C1. The number of hydrogen-bond donors (Lipinski definition) is 0. The predicted octanol–water partition coefficient (Wildman–Crippen LogP) is 6.99. The summed E-state index contributed by atoms with van der Waals surface area (Å²) >= 11 is 0. The summed E-state index contributed by atoms with van der Waals surface area (Å²) in [7, 11) is 0. The first kappa shape index (κ1) is 15.9. The Bertz CT molecular complexity index is 939. The van der Waals surface area contributed by atoms with Crippen molar-refractivity contribution in [2.75, 3.05) is 0 Å². The van der Waals surface area contributed by atoms with Gasteiger partial charge in [0.25, 0.3) is 0 Å². The maximum absolute atomic E-state index is 2.43. The lowest BCUT2D eigenvalue weighted by molar-refractivity contribution is 1.04. The minimum Gasteiger partial charge on any atom is -0.0655 e. The van der Waals surface area contributed by atoms with Gasteiger partial charge in [0.2, 0.25) is 0 Å². The van der Waals surface area contributed by atoms with Crippen LogP contribution >= 0.6 is 0 Å². The second-order valence-electron chi connectivity index (χ2n) is 7.14. The molecule has 1 aliphatic carbocycles. The number of allylic oxidation sites excluding steroid dienone is 1. The molecule has 0 saturated heterocycles. The lowest BCUT2D eigenvalue weighted by Gasteiger charge is -2.16. The van der Waals surface area contributed by atoms with Crippen molar-refractivity contribution in [2.24, 2.45) is 0 Å². The lowest BCUT2D eigenvalue weighted by Crippen LogP contribution is -1.93. The molecule has 0 aliphatic heterocycles. The Morgan fingerprint density at radius 1 is 0.800 bits per heavy atom. The zero-order valence-electron chi connectivity index (χ0n) is 15.3. The van der Waals surface area contributed by atoms with Crippen LogP contribution < -0.4 is 0 Å². The summed E-state index contributed by atoms with van der Waals surface area (Å²) in [5.41, 5.74) is 12.4. The van der Waals surface area contributed by atoms with E-state index in [0.717, 1.165) is 12.8 Å². The van der Waals surface area contributed by atoms with Gasteiger partial charge in [-0.05, 0) is 60.1 Å². The van der Waals surface area contributed by atoms with E-state index in [4.69, 9.17) is 0 Å². The number of benzene rings is 3. The predicted molar refractivity (Wildman–Crippen MR) is 109 cm³/mol. The Hall–Kier alpha value is -2.60. The van der Waals surface area contributed by atoms with Crippen LogP contribution in [0.3, 0.4) is 0 Å². The Labute approximate surface area is 150 Å². The van der Waals surface area contributed by atoms with Crippen molar-refractivity contribution >= 4 is 6.08 Å². The van der Waals surface area contributed by atoms with Gasteiger partial charge in [0.05, 0.1) is 0 Å². The third-order valence-corrected chi connectivity index (χ3v) is 5.15. The average Bonchev–Trinajstić information content (AvgIpc) is 3.04. The highest BCUT2D eigenvalue weighted by Gasteiger charge is 2.20. The Balaban J connectivity index is 2.03. The molecule has 0 bridgehead atoms. The van der Waals surface area contributed by atoms with E-state index in [1.165, 1.54) is 50.1 Å². The molecule has 0 radical (unpaired) electrons. The molecule has 3 aromatic rings. The molecule has 0 nitrogen and oxygen atoms in total. The van der Waals surface area contributed by atoms with Gasteiger partial charge in [-0.1, -0.05) is 90.4 Å². The van der Waals surface area contributed by atoms with E-state index < -0.39 is 0 Å². The van der Waals surface area contributed by atoms with Crippen LogP contribution in [0.15, 0.2) is 66.2 Å². The van der Waals surface area contributed by atoms with Crippen molar-refractivity contribution in [1.82, 2.24) is 0 Å². The molecular formula is C25H24. The minimum absolute atomic E-state index is 1.10. The molecule has 0 amide bonds. The highest BCUT2D eigenvalue weighted by molar-refractivity contribution is 5.92. The lowest BCUT2D eigenvalue weighted by atomic mass is 9.87. The highest BCUT2D eigenvalue weighted by Crippen LogP contribution is 2.41. The molecule has 0 heterocycles. The quantitative estimate of drug-likeness (QED) is 0.487. The number of hydrogen-bond acceptors (Lipinski definition) is 0. The number of aryl methyl sites for hydroxylation is 2. The molecule has 25 heavy (non-hydrogen) atoms. The van der Waals surface area contributed by atoms with Crippen LogP contribution in [0.4, 0.5) is 0 Å². The maximum atomic E-state index is 2.43. The fourth-order valence-electron chi connectivity index (χ4n) is 4.00. The van der Waals surface area contributed by atoms with E-state index in [9.17, 15) is 0 Å². The molecular weight excluding hydrogens is 300 g/mol. The summed E-state index contributed by atoms with van der Waals surface area (Å²) in [6.45, 7) is 6.64. The molecule has 1 aliphatic rings. The molecule has 0 heteroatoms. The summed E-state index contributed by atoms with van der Waals surface area (Å²) in [5, 5.41) is 0. The van der Waals surface area contributed by atoms with E-state index in [1.54, 1.807) is 0 Å². The van der Waals surface area contributed by atoms with Gasteiger partial charge < -0.3 is 0 Å². The van der Waals surface area contributed by atoms with E-state index in [2.05, 4.69) is 87.5 Å². The van der Waals surface area contributed by atoms with Crippen LogP contribution in [0.25, 0.3) is 28.3 Å². The number of rotatable bonds is 3. The molecule has 0 unspecified atom stereocenters. The topological polar surface area (TPSA) is 0 Å². The van der Waals surface area contributed by atoms with Crippen molar-refractivity contribution in [3.63, 3.8) is 0 Å². The fraction of sp³-hybridized carbons (Fsp3) is 0.200. The Kier molecular flexibility index (Phi) is 4.05. The summed E-state index contributed by atoms with van der Waals surface area (Å²) in [6, 6.07) is 22.3. The van der Waals surface area contributed by atoms with E-state index >= 15 is 0 Å². The van der Waals surface area contributed by atoms with Gasteiger partial charge in [0, 0.05) is 0 Å². The molecule has 4 rings (SSSR count). The molecule has 3 aromatic carbocycles. The fourth-order valence-corrected chi connectivity index (χ4v) is 4.00. The standard InChI is InChI=1S/C25H24/c1-4-19-15-21-10-11-23(20-8-6-5-7-9-20)25(24(21)16-19)22-13-17(2)12-18(3)14-22/h5-14,16H,4,15H2,1-3H3. The molecule has 0 fully saturated rings. The van der Waals surface area contributed by atoms with E-state index in [-0.39, 0.29) is 0 Å². The van der Waals surface area contributed by atoms with Gasteiger partial charge in [0.15, 0.2) is 0 Å². The summed E-state index contributed by atoms with van der Waals surface area (Å²) in [5.74, 6) is 0. The first-order valence-electron chi connectivity index (χ1n) is 9.15. The smallest absolute Gasteiger partial charge is 0.00298 e. The number of fused-ring (bicyclic) bond motifs is 1. The summed E-state index contributed by atoms with van der Waals surface area (Å²) in [4.78, 5) is 0. The first-order valence-corrected chi connectivity index (χ1v) is 9.15. The van der Waals surface area contributed by atoms with Crippen LogP contribution in [-0.4, -0.2) is 0 Å². The molecule has 0 spiro atoms. The summed E-state index contributed by atoms with van der Waals surface area (Å²) < 4.78 is 0. The van der Waals surface area contributed by atoms with Crippen molar-refractivity contribution in [3.8, 4) is 22.3 Å². The zero-order chi connectivity index (χ0) is 17.4. The third kappa shape index (κ3) is 2.93. The van der Waals surface area contributed by atoms with E-state index in [0.29, 0.717) is 0 Å². The van der Waals surface area contributed by atoms with E-state index in [1.807, 2.05) is 0 Å². The largest absolute Gasteiger partial charge is 0.0655 e. The van der Waals surface area contributed by atoms with Crippen LogP contribution in [0.2, 0.25) is 0 Å². The molecule has 0 aromatic heterocycles. The minimum atomic E-state index is 1.10. The van der Waals surface area contributed by atoms with Crippen LogP contribution in [0.1, 0.15) is 35.6 Å². The van der Waals surface area contributed by atoms with Gasteiger partial charge in [-0.2, -0.15) is 0 Å². The van der Waals surface area contributed by atoms with Crippen LogP contribution in [0, 0.1) is 13.8 Å². The second kappa shape index (κ2) is 6.37. The van der Waals surface area contributed by atoms with Crippen molar-refractivity contribution in [2.45, 2.75) is 33.6 Å². The molecule has 0 atom stereocenters. The van der Waals surface area contributed by atoms with Gasteiger partial charge in [0.1, 0.15) is 0 Å². The van der Waals surface area contributed by atoms with Gasteiger partial charge in [-0.15, -0.1) is 0 Å². The summed E-state index contributed by atoms with van der Waals surface area (Å²) in [6.07, 6.45) is 4.65. The Morgan fingerprint density at radius 2 is 1.52 bits per heavy atom. The van der Waals surface area contributed by atoms with Crippen LogP contribution in [-0.2, 0) is 6.42 Å². The average molecular weight is 324 g/mol. The molecule has 124 valence electrons. The monoisotopic (exact) mass is 324 g/mol. The van der Waals surface area contributed by atoms with Gasteiger partial charge in [-0.25, -0.2) is 0 Å². The highest BCUT2D eigenvalue weighted by atomic mass is 14.2. The van der Waals surface area contributed by atoms with Crippen molar-refractivity contribution < 1.29 is 0 Å². The van der Waals surface area contributed by atoms with Gasteiger partial charge in [-0.3, -0.25) is 0 Å². The maximum Gasteiger partial charge on any atom is -0.00298 e.